The predicted octanol–water partition coefficient (Wildman–Crippen LogP) is 1.20. The Balaban J connectivity index is 3.83. The summed E-state index contributed by atoms with van der Waals surface area (Å²) in [5.74, 6) is 0. The fraction of sp³-hybridized carbons (Fsp3) is 1.00. The molecule has 4 nitrogen and oxygen atoms in total. The van der Waals surface area contributed by atoms with Gasteiger partial charge in [0.2, 0.25) is 5.54 Å². The second kappa shape index (κ2) is 3.67. The Hall–Kier alpha value is -0.640. The number of hydrogen-bond donors (Lipinski definition) is 1. The molecule has 0 aliphatic carbocycles. The van der Waals surface area contributed by atoms with E-state index in [0.29, 0.717) is 12.8 Å². The third kappa shape index (κ3) is 3.93. The molecule has 0 radical (unpaired) electrons. The lowest BCUT2D eigenvalue weighted by Gasteiger charge is -2.15. The summed E-state index contributed by atoms with van der Waals surface area (Å²) in [6.45, 7) is 4.76. The average Bonchev–Trinajstić information content (AvgIpc) is 1.84. The number of nitrogens with zero attached hydrogens (tertiary/aromatic N) is 1. The summed E-state index contributed by atoms with van der Waals surface area (Å²) in [5.41, 5.74) is -0.906. The molecule has 0 aromatic rings. The fourth-order valence-corrected chi connectivity index (χ4v) is 0.653. The highest BCUT2D eigenvalue weighted by Crippen LogP contribution is 2.16. The van der Waals surface area contributed by atoms with Gasteiger partial charge in [-0.05, 0) is 13.3 Å². The van der Waals surface area contributed by atoms with Gasteiger partial charge < -0.3 is 5.11 Å². The van der Waals surface area contributed by atoms with Crippen molar-refractivity contribution in [3.63, 3.8) is 0 Å². The first-order chi connectivity index (χ1) is 4.86. The maximum Gasteiger partial charge on any atom is 0.216 e. The first kappa shape index (κ1) is 10.4. The molecule has 0 saturated heterocycles. The summed E-state index contributed by atoms with van der Waals surface area (Å²) >= 11 is 0. The number of rotatable bonds is 4. The molecule has 66 valence electrons. The van der Waals surface area contributed by atoms with Crippen molar-refractivity contribution < 1.29 is 10.0 Å². The number of aliphatic hydroxyl groups excluding tert-OH is 1. The van der Waals surface area contributed by atoms with Gasteiger partial charge in [-0.1, -0.05) is 0 Å². The van der Waals surface area contributed by atoms with Crippen LogP contribution < -0.4 is 0 Å². The maximum absolute atomic E-state index is 10.4. The zero-order valence-corrected chi connectivity index (χ0v) is 7.20. The van der Waals surface area contributed by atoms with E-state index in [1.165, 1.54) is 0 Å². The van der Waals surface area contributed by atoms with Gasteiger partial charge in [0.05, 0.1) is 6.10 Å². The van der Waals surface area contributed by atoms with E-state index in [2.05, 4.69) is 0 Å². The van der Waals surface area contributed by atoms with E-state index in [0.717, 1.165) is 0 Å². The number of hydrogen-bond acceptors (Lipinski definition) is 3. The molecule has 0 fully saturated rings. The van der Waals surface area contributed by atoms with E-state index in [9.17, 15) is 10.1 Å². The summed E-state index contributed by atoms with van der Waals surface area (Å²) < 4.78 is 0. The Morgan fingerprint density at radius 3 is 2.36 bits per heavy atom. The quantitative estimate of drug-likeness (QED) is 0.497. The minimum absolute atomic E-state index is 0.310. The van der Waals surface area contributed by atoms with Crippen molar-refractivity contribution in [2.75, 3.05) is 0 Å². The lowest BCUT2D eigenvalue weighted by molar-refractivity contribution is -0.561. The Bertz CT molecular complexity index is 143. The molecule has 0 spiro atoms. The Kier molecular flexibility index (Phi) is 3.45. The SMILES string of the molecule is CC(O)CCC(C)(C)[N+](=O)[O-]. The molecule has 0 saturated carbocycles. The van der Waals surface area contributed by atoms with Crippen molar-refractivity contribution in [3.05, 3.63) is 10.1 Å². The first-order valence-corrected chi connectivity index (χ1v) is 3.69. The highest BCUT2D eigenvalue weighted by Gasteiger charge is 2.30. The summed E-state index contributed by atoms with van der Waals surface area (Å²) in [4.78, 5) is 10.0. The second-order valence-corrected chi connectivity index (χ2v) is 3.46. The molecule has 0 aliphatic heterocycles. The van der Waals surface area contributed by atoms with Crippen LogP contribution in [0.5, 0.6) is 0 Å². The van der Waals surface area contributed by atoms with Gasteiger partial charge >= 0.3 is 0 Å². The van der Waals surface area contributed by atoms with Crippen LogP contribution in [0.4, 0.5) is 0 Å². The second-order valence-electron chi connectivity index (χ2n) is 3.46. The van der Waals surface area contributed by atoms with E-state index in [1.54, 1.807) is 20.8 Å². The third-order valence-corrected chi connectivity index (χ3v) is 1.67. The summed E-state index contributed by atoms with van der Waals surface area (Å²) in [5, 5.41) is 19.2. The molecule has 0 aromatic carbocycles. The predicted molar refractivity (Wildman–Crippen MR) is 42.0 cm³/mol. The molecule has 1 N–H and O–H groups in total. The summed E-state index contributed by atoms with van der Waals surface area (Å²) in [7, 11) is 0. The lowest BCUT2D eigenvalue weighted by Crippen LogP contribution is -2.31. The molecule has 0 rings (SSSR count). The third-order valence-electron chi connectivity index (χ3n) is 1.67. The van der Waals surface area contributed by atoms with Gasteiger partial charge in [0.25, 0.3) is 0 Å². The molecule has 0 amide bonds. The minimum atomic E-state index is -0.906. The van der Waals surface area contributed by atoms with Gasteiger partial charge in [-0.15, -0.1) is 0 Å². The van der Waals surface area contributed by atoms with Crippen molar-refractivity contribution in [1.29, 1.82) is 0 Å². The largest absolute Gasteiger partial charge is 0.393 e. The van der Waals surface area contributed by atoms with E-state index in [-0.39, 0.29) is 4.92 Å². The van der Waals surface area contributed by atoms with Gasteiger partial charge in [-0.2, -0.15) is 0 Å². The van der Waals surface area contributed by atoms with Crippen LogP contribution in [0.25, 0.3) is 0 Å². The highest BCUT2D eigenvalue weighted by molar-refractivity contribution is 4.67. The number of aliphatic hydroxyl groups is 1. The molecular formula is C7H15NO3. The van der Waals surface area contributed by atoms with Crippen molar-refractivity contribution in [2.24, 2.45) is 0 Å². The van der Waals surface area contributed by atoms with Crippen molar-refractivity contribution in [3.8, 4) is 0 Å². The first-order valence-electron chi connectivity index (χ1n) is 3.69. The molecule has 11 heavy (non-hydrogen) atoms. The highest BCUT2D eigenvalue weighted by atomic mass is 16.6. The van der Waals surface area contributed by atoms with Crippen LogP contribution in [0, 0.1) is 10.1 Å². The van der Waals surface area contributed by atoms with Crippen LogP contribution in [0.15, 0.2) is 0 Å². The summed E-state index contributed by atoms with van der Waals surface area (Å²) in [6, 6.07) is 0. The molecule has 0 bridgehead atoms. The normalized spacial score (nSPS) is 14.5. The molecule has 0 aliphatic rings. The zero-order valence-electron chi connectivity index (χ0n) is 7.20. The van der Waals surface area contributed by atoms with Crippen LogP contribution in [-0.2, 0) is 0 Å². The van der Waals surface area contributed by atoms with E-state index in [1.807, 2.05) is 0 Å². The van der Waals surface area contributed by atoms with Gasteiger partial charge in [0.1, 0.15) is 0 Å². The van der Waals surface area contributed by atoms with Gasteiger partial charge in [-0.25, -0.2) is 0 Å². The van der Waals surface area contributed by atoms with Crippen molar-refractivity contribution in [2.45, 2.75) is 45.3 Å². The van der Waals surface area contributed by atoms with Crippen LogP contribution in [0.1, 0.15) is 33.6 Å². The monoisotopic (exact) mass is 161 g/mol. The van der Waals surface area contributed by atoms with Crippen molar-refractivity contribution >= 4 is 0 Å². The van der Waals surface area contributed by atoms with Crippen LogP contribution in [0.2, 0.25) is 0 Å². The lowest BCUT2D eigenvalue weighted by atomic mass is 9.98. The zero-order chi connectivity index (χ0) is 9.07. The molecule has 0 heterocycles. The van der Waals surface area contributed by atoms with Crippen LogP contribution >= 0.6 is 0 Å². The smallest absolute Gasteiger partial charge is 0.216 e. The maximum atomic E-state index is 10.4. The van der Waals surface area contributed by atoms with E-state index < -0.39 is 11.6 Å². The van der Waals surface area contributed by atoms with Gasteiger partial charge in [0, 0.05) is 25.2 Å². The van der Waals surface area contributed by atoms with Gasteiger partial charge in [0.15, 0.2) is 0 Å². The standard InChI is InChI=1S/C7H15NO3/c1-6(9)4-5-7(2,3)8(10)11/h6,9H,4-5H2,1-3H3. The van der Waals surface area contributed by atoms with E-state index >= 15 is 0 Å². The van der Waals surface area contributed by atoms with Crippen molar-refractivity contribution in [1.82, 2.24) is 0 Å². The molecule has 4 heteroatoms. The fourth-order valence-electron chi connectivity index (χ4n) is 0.653. The number of nitro groups is 1. The minimum Gasteiger partial charge on any atom is -0.393 e. The molecule has 1 unspecified atom stereocenters. The Labute approximate surface area is 66.4 Å². The van der Waals surface area contributed by atoms with Gasteiger partial charge in [-0.3, -0.25) is 10.1 Å². The Morgan fingerprint density at radius 1 is 1.64 bits per heavy atom. The van der Waals surface area contributed by atoms with E-state index in [4.69, 9.17) is 5.11 Å². The molecule has 0 aromatic heterocycles. The molecular weight excluding hydrogens is 146 g/mol. The summed E-state index contributed by atoms with van der Waals surface area (Å²) in [6.07, 6.45) is 0.445. The van der Waals surface area contributed by atoms with Crippen LogP contribution in [-0.4, -0.2) is 21.7 Å². The topological polar surface area (TPSA) is 63.4 Å². The molecule has 1 atom stereocenters. The van der Waals surface area contributed by atoms with Crippen LogP contribution in [0.3, 0.4) is 0 Å². The average molecular weight is 161 g/mol. The Morgan fingerprint density at radius 2 is 2.09 bits per heavy atom.